The van der Waals surface area contributed by atoms with Gasteiger partial charge in [0, 0.05) is 18.1 Å². The maximum absolute atomic E-state index is 12.1. The lowest BCUT2D eigenvalue weighted by molar-refractivity contribution is 0.0489. The van der Waals surface area contributed by atoms with Crippen LogP contribution in [-0.4, -0.2) is 42.5 Å². The maximum atomic E-state index is 12.1. The Balaban J connectivity index is 1.24. The fourth-order valence-corrected chi connectivity index (χ4v) is 4.69. The van der Waals surface area contributed by atoms with E-state index in [1.54, 1.807) is 0 Å². The van der Waals surface area contributed by atoms with Gasteiger partial charge in [-0.05, 0) is 90.2 Å². The average Bonchev–Trinajstić information content (AvgIpc) is 2.78. The molecule has 0 bridgehead atoms. The first-order valence-corrected chi connectivity index (χ1v) is 12.5. The summed E-state index contributed by atoms with van der Waals surface area (Å²) >= 11 is 0. The van der Waals surface area contributed by atoms with Gasteiger partial charge in [0.05, 0.1) is 0 Å². The molecule has 2 aliphatic carbocycles. The number of ether oxygens (including phenoxy) is 2. The Labute approximate surface area is 198 Å². The smallest absolute Gasteiger partial charge is 0.407 e. The van der Waals surface area contributed by atoms with E-state index in [4.69, 9.17) is 9.47 Å². The molecule has 2 aliphatic rings. The summed E-state index contributed by atoms with van der Waals surface area (Å²) < 4.78 is 10.7. The first kappa shape index (κ1) is 25.3. The first-order chi connectivity index (χ1) is 15.8. The van der Waals surface area contributed by atoms with Gasteiger partial charge in [0.2, 0.25) is 0 Å². The van der Waals surface area contributed by atoms with E-state index in [2.05, 4.69) is 16.0 Å². The number of nitrogens with one attached hydrogen (secondary N) is 3. The minimum absolute atomic E-state index is 0.207. The lowest BCUT2D eigenvalue weighted by Gasteiger charge is -2.33. The lowest BCUT2D eigenvalue weighted by Crippen LogP contribution is -2.45. The van der Waals surface area contributed by atoms with Crippen LogP contribution in [0.2, 0.25) is 0 Å². The van der Waals surface area contributed by atoms with Crippen molar-refractivity contribution in [3.63, 3.8) is 0 Å². The highest BCUT2D eigenvalue weighted by Gasteiger charge is 2.27. The Bertz CT molecular complexity index is 734. The van der Waals surface area contributed by atoms with Crippen molar-refractivity contribution in [2.24, 2.45) is 5.92 Å². The van der Waals surface area contributed by atoms with Crippen LogP contribution in [0.25, 0.3) is 0 Å². The van der Waals surface area contributed by atoms with Crippen molar-refractivity contribution in [3.8, 4) is 0 Å². The maximum Gasteiger partial charge on any atom is 0.407 e. The number of amides is 2. The number of carbonyl (C=O) groups excluding carboxylic acids is 2. The van der Waals surface area contributed by atoms with E-state index in [1.807, 2.05) is 51.1 Å². The number of rotatable bonds is 7. The fourth-order valence-electron chi connectivity index (χ4n) is 4.69. The standard InChI is InChI=1S/C26H41N3O4/c1-26(2,3)33-25(31)29-23-15-13-21(14-16-23)27-17-19-9-11-22(12-10-19)28-24(30)32-18-20-7-5-4-6-8-20/h4-8,19,21-23,27H,9-18H2,1-3H3,(H,28,30)(H,29,31)/t19-,21-,22-,23-. The van der Waals surface area contributed by atoms with Gasteiger partial charge in [-0.3, -0.25) is 0 Å². The van der Waals surface area contributed by atoms with E-state index >= 15 is 0 Å². The van der Waals surface area contributed by atoms with Crippen LogP contribution in [0.4, 0.5) is 9.59 Å². The molecule has 0 aliphatic heterocycles. The first-order valence-electron chi connectivity index (χ1n) is 12.5. The van der Waals surface area contributed by atoms with Gasteiger partial charge in [-0.25, -0.2) is 9.59 Å². The van der Waals surface area contributed by atoms with Crippen LogP contribution >= 0.6 is 0 Å². The molecule has 0 unspecified atom stereocenters. The number of carbonyl (C=O) groups is 2. The summed E-state index contributed by atoms with van der Waals surface area (Å²) in [4.78, 5) is 24.0. The SMILES string of the molecule is CC(C)(C)OC(=O)N[C@H]1CC[C@H](NC[C@H]2CC[C@H](NC(=O)OCc3ccccc3)CC2)CC1. The zero-order chi connectivity index (χ0) is 23.7. The predicted molar refractivity (Wildman–Crippen MR) is 129 cm³/mol. The third kappa shape index (κ3) is 9.62. The summed E-state index contributed by atoms with van der Waals surface area (Å²) in [5.74, 6) is 0.654. The molecule has 7 heteroatoms. The van der Waals surface area contributed by atoms with Gasteiger partial charge in [0.1, 0.15) is 12.2 Å². The molecule has 0 radical (unpaired) electrons. The Morgan fingerprint density at radius 1 is 0.818 bits per heavy atom. The molecule has 0 heterocycles. The zero-order valence-electron chi connectivity index (χ0n) is 20.4. The molecule has 2 fully saturated rings. The van der Waals surface area contributed by atoms with E-state index < -0.39 is 5.60 Å². The number of hydrogen-bond acceptors (Lipinski definition) is 5. The molecule has 0 atom stereocenters. The van der Waals surface area contributed by atoms with Crippen molar-refractivity contribution in [3.05, 3.63) is 35.9 Å². The molecule has 1 aromatic carbocycles. The summed E-state index contributed by atoms with van der Waals surface area (Å²) in [6, 6.07) is 10.7. The number of benzene rings is 1. The molecule has 3 N–H and O–H groups in total. The zero-order valence-corrected chi connectivity index (χ0v) is 20.4. The highest BCUT2D eigenvalue weighted by Crippen LogP contribution is 2.25. The Hall–Kier alpha value is -2.28. The third-order valence-corrected chi connectivity index (χ3v) is 6.52. The van der Waals surface area contributed by atoms with Gasteiger partial charge in [-0.1, -0.05) is 30.3 Å². The molecule has 2 amide bonds. The van der Waals surface area contributed by atoms with Crippen molar-refractivity contribution in [1.82, 2.24) is 16.0 Å². The molecule has 3 rings (SSSR count). The highest BCUT2D eigenvalue weighted by molar-refractivity contribution is 5.68. The predicted octanol–water partition coefficient (Wildman–Crippen LogP) is 4.90. The van der Waals surface area contributed by atoms with E-state index in [-0.39, 0.29) is 24.3 Å². The van der Waals surface area contributed by atoms with Crippen molar-refractivity contribution < 1.29 is 19.1 Å². The van der Waals surface area contributed by atoms with Crippen molar-refractivity contribution in [2.75, 3.05) is 6.54 Å². The second kappa shape index (κ2) is 12.3. The number of alkyl carbamates (subject to hydrolysis) is 2. The molecule has 0 spiro atoms. The lowest BCUT2D eigenvalue weighted by atomic mass is 9.85. The highest BCUT2D eigenvalue weighted by atomic mass is 16.6. The summed E-state index contributed by atoms with van der Waals surface area (Å²) in [7, 11) is 0. The minimum atomic E-state index is -0.458. The Kier molecular flexibility index (Phi) is 9.41. The van der Waals surface area contributed by atoms with E-state index in [9.17, 15) is 9.59 Å². The van der Waals surface area contributed by atoms with Crippen molar-refractivity contribution in [1.29, 1.82) is 0 Å². The van der Waals surface area contributed by atoms with Gasteiger partial charge in [-0.2, -0.15) is 0 Å². The summed E-state index contributed by atoms with van der Waals surface area (Å²) in [5.41, 5.74) is 0.539. The van der Waals surface area contributed by atoms with Crippen LogP contribution in [0.5, 0.6) is 0 Å². The largest absolute Gasteiger partial charge is 0.445 e. The van der Waals surface area contributed by atoms with Crippen molar-refractivity contribution >= 4 is 12.2 Å². The molecule has 184 valence electrons. The van der Waals surface area contributed by atoms with Crippen LogP contribution in [0.1, 0.15) is 77.7 Å². The topological polar surface area (TPSA) is 88.7 Å². The van der Waals surface area contributed by atoms with Gasteiger partial charge in [-0.15, -0.1) is 0 Å². The van der Waals surface area contributed by atoms with Gasteiger partial charge >= 0.3 is 12.2 Å². The molecule has 0 aromatic heterocycles. The second-order valence-electron chi connectivity index (χ2n) is 10.5. The monoisotopic (exact) mass is 459 g/mol. The van der Waals surface area contributed by atoms with Crippen LogP contribution in [0.3, 0.4) is 0 Å². The van der Waals surface area contributed by atoms with Crippen molar-refractivity contribution in [2.45, 2.75) is 102 Å². The molecular weight excluding hydrogens is 418 g/mol. The molecular formula is C26H41N3O4. The quantitative estimate of drug-likeness (QED) is 0.540. The van der Waals surface area contributed by atoms with E-state index in [0.29, 0.717) is 18.6 Å². The average molecular weight is 460 g/mol. The van der Waals surface area contributed by atoms with E-state index in [0.717, 1.165) is 63.5 Å². The van der Waals surface area contributed by atoms with Crippen LogP contribution in [-0.2, 0) is 16.1 Å². The van der Waals surface area contributed by atoms with Crippen LogP contribution < -0.4 is 16.0 Å². The number of hydrogen-bond donors (Lipinski definition) is 3. The fraction of sp³-hybridized carbons (Fsp3) is 0.692. The summed E-state index contributed by atoms with van der Waals surface area (Å²) in [6.45, 7) is 6.99. The van der Waals surface area contributed by atoms with Crippen LogP contribution in [0.15, 0.2) is 30.3 Å². The normalized spacial score (nSPS) is 25.7. The van der Waals surface area contributed by atoms with E-state index in [1.165, 1.54) is 0 Å². The van der Waals surface area contributed by atoms with Gasteiger partial charge < -0.3 is 25.4 Å². The molecule has 2 saturated carbocycles. The minimum Gasteiger partial charge on any atom is -0.445 e. The molecule has 0 saturated heterocycles. The Morgan fingerprint density at radius 2 is 1.36 bits per heavy atom. The third-order valence-electron chi connectivity index (χ3n) is 6.52. The molecule has 7 nitrogen and oxygen atoms in total. The molecule has 1 aromatic rings. The second-order valence-corrected chi connectivity index (χ2v) is 10.5. The molecule has 33 heavy (non-hydrogen) atoms. The summed E-state index contributed by atoms with van der Waals surface area (Å²) in [6.07, 6.45) is 7.72. The van der Waals surface area contributed by atoms with Gasteiger partial charge in [0.15, 0.2) is 0 Å². The van der Waals surface area contributed by atoms with Gasteiger partial charge in [0.25, 0.3) is 0 Å². The summed E-state index contributed by atoms with van der Waals surface area (Å²) in [5, 5.41) is 9.77. The Morgan fingerprint density at radius 3 is 1.97 bits per heavy atom. The van der Waals surface area contributed by atoms with Crippen LogP contribution in [0, 0.1) is 5.92 Å².